The Hall–Kier alpha value is -3.04. The number of morpholine rings is 1. The molecule has 2 N–H and O–H groups in total. The van der Waals surface area contributed by atoms with E-state index in [1.807, 2.05) is 60.7 Å². The van der Waals surface area contributed by atoms with E-state index in [0.29, 0.717) is 31.9 Å². The number of benzene rings is 2. The van der Waals surface area contributed by atoms with Crippen LogP contribution >= 0.6 is 0 Å². The number of rotatable bonds is 8. The minimum atomic E-state index is -0.762. The molecule has 4 atom stereocenters. The molecule has 33 heavy (non-hydrogen) atoms. The molecular formula is C25H27N3O5. The number of aryl methyl sites for hydroxylation is 1. The zero-order valence-corrected chi connectivity index (χ0v) is 18.4. The van der Waals surface area contributed by atoms with Crippen LogP contribution in [-0.2, 0) is 27.4 Å². The fraction of sp³-hybridized carbons (Fsp3) is 0.360. The highest BCUT2D eigenvalue weighted by atomic mass is 16.6. The van der Waals surface area contributed by atoms with Gasteiger partial charge >= 0.3 is 5.69 Å². The van der Waals surface area contributed by atoms with Gasteiger partial charge in [-0.3, -0.25) is 14.3 Å². The summed E-state index contributed by atoms with van der Waals surface area (Å²) in [6.07, 6.45) is 0.585. The fourth-order valence-electron chi connectivity index (χ4n) is 4.60. The van der Waals surface area contributed by atoms with Crippen molar-refractivity contribution < 1.29 is 14.2 Å². The van der Waals surface area contributed by atoms with Crippen molar-refractivity contribution in [3.63, 3.8) is 0 Å². The SMILES string of the molecule is Cc1cn(C2O[C@@]3(COCc4ccccc4)CN[C@@H]2[C@@H]3OCc2ccccc2)c(=O)[nH]c1=O. The summed E-state index contributed by atoms with van der Waals surface area (Å²) in [6.45, 7) is 3.37. The summed E-state index contributed by atoms with van der Waals surface area (Å²) in [5.41, 5.74) is 0.898. The van der Waals surface area contributed by atoms with E-state index in [1.165, 1.54) is 4.57 Å². The van der Waals surface area contributed by atoms with E-state index in [2.05, 4.69) is 10.3 Å². The minimum absolute atomic E-state index is 0.267. The molecule has 2 fully saturated rings. The molecule has 8 nitrogen and oxygen atoms in total. The van der Waals surface area contributed by atoms with Crippen molar-refractivity contribution in [1.29, 1.82) is 0 Å². The van der Waals surface area contributed by atoms with Gasteiger partial charge in [-0.2, -0.15) is 0 Å². The monoisotopic (exact) mass is 449 g/mol. The highest BCUT2D eigenvalue weighted by Crippen LogP contribution is 2.43. The molecule has 2 bridgehead atoms. The molecule has 2 aliphatic heterocycles. The lowest BCUT2D eigenvalue weighted by Gasteiger charge is -2.32. The third-order valence-corrected chi connectivity index (χ3v) is 6.29. The molecule has 0 saturated carbocycles. The summed E-state index contributed by atoms with van der Waals surface area (Å²) in [6, 6.07) is 19.6. The van der Waals surface area contributed by atoms with Crippen LogP contribution in [0.1, 0.15) is 22.9 Å². The van der Waals surface area contributed by atoms with Crippen LogP contribution in [0, 0.1) is 6.92 Å². The van der Waals surface area contributed by atoms with Crippen molar-refractivity contribution in [3.8, 4) is 0 Å². The molecule has 172 valence electrons. The number of hydrogen-bond donors (Lipinski definition) is 2. The second kappa shape index (κ2) is 9.07. The summed E-state index contributed by atoms with van der Waals surface area (Å²) < 4.78 is 20.4. The standard InChI is InChI=1S/C25H27N3O5/c1-17-12-28(24(30)27-22(17)29)23-20-21(32-14-19-10-6-3-7-11-19)25(33-23,15-26-20)16-31-13-18-8-4-2-5-9-18/h2-12,20-21,23,26H,13-16H2,1H3,(H,27,29,30)/t20-,21+,23?,25-/m1/s1. The minimum Gasteiger partial charge on any atom is -0.374 e. The Morgan fingerprint density at radius 2 is 1.70 bits per heavy atom. The zero-order chi connectivity index (χ0) is 22.8. The summed E-state index contributed by atoms with van der Waals surface area (Å²) in [5, 5.41) is 3.46. The van der Waals surface area contributed by atoms with Crippen molar-refractivity contribution in [2.45, 2.75) is 44.1 Å². The van der Waals surface area contributed by atoms with E-state index >= 15 is 0 Å². The number of nitrogens with one attached hydrogen (secondary N) is 2. The van der Waals surface area contributed by atoms with Crippen LogP contribution in [0.2, 0.25) is 0 Å². The van der Waals surface area contributed by atoms with Gasteiger partial charge in [0.05, 0.1) is 25.9 Å². The Morgan fingerprint density at radius 1 is 1.03 bits per heavy atom. The maximum absolute atomic E-state index is 12.6. The Morgan fingerprint density at radius 3 is 2.39 bits per heavy atom. The molecule has 0 aliphatic carbocycles. The lowest BCUT2D eigenvalue weighted by molar-refractivity contribution is -0.155. The number of hydrogen-bond acceptors (Lipinski definition) is 6. The van der Waals surface area contributed by atoms with E-state index in [9.17, 15) is 9.59 Å². The number of aromatic amines is 1. The molecule has 0 spiro atoms. The Bertz CT molecular complexity index is 1210. The van der Waals surface area contributed by atoms with Gasteiger partial charge in [0.2, 0.25) is 0 Å². The molecule has 2 aromatic carbocycles. The first kappa shape index (κ1) is 21.8. The van der Waals surface area contributed by atoms with E-state index in [-0.39, 0.29) is 12.1 Å². The maximum Gasteiger partial charge on any atom is 0.330 e. The smallest absolute Gasteiger partial charge is 0.330 e. The van der Waals surface area contributed by atoms with Gasteiger partial charge in [-0.1, -0.05) is 60.7 Å². The number of nitrogens with zero attached hydrogens (tertiary/aromatic N) is 1. The van der Waals surface area contributed by atoms with Gasteiger partial charge in [0.25, 0.3) is 5.56 Å². The van der Waals surface area contributed by atoms with Crippen LogP contribution in [0.25, 0.3) is 0 Å². The molecular weight excluding hydrogens is 422 g/mol. The van der Waals surface area contributed by atoms with Gasteiger partial charge in [0, 0.05) is 18.3 Å². The molecule has 0 radical (unpaired) electrons. The highest BCUT2D eigenvalue weighted by Gasteiger charge is 2.62. The summed E-state index contributed by atoms with van der Waals surface area (Å²) in [5.74, 6) is 0. The van der Waals surface area contributed by atoms with Crippen LogP contribution in [-0.4, -0.2) is 40.4 Å². The number of ether oxygens (including phenoxy) is 3. The van der Waals surface area contributed by atoms with Crippen molar-refractivity contribution in [3.05, 3.63) is 104 Å². The molecule has 2 saturated heterocycles. The Kier molecular flexibility index (Phi) is 5.99. The van der Waals surface area contributed by atoms with Gasteiger partial charge in [-0.05, 0) is 18.1 Å². The van der Waals surface area contributed by atoms with E-state index in [0.717, 1.165) is 11.1 Å². The molecule has 5 rings (SSSR count). The molecule has 0 amide bonds. The largest absolute Gasteiger partial charge is 0.374 e. The lowest BCUT2D eigenvalue weighted by atomic mass is 10.00. The van der Waals surface area contributed by atoms with Crippen molar-refractivity contribution >= 4 is 0 Å². The van der Waals surface area contributed by atoms with Crippen LogP contribution in [0.3, 0.4) is 0 Å². The van der Waals surface area contributed by atoms with Crippen molar-refractivity contribution in [2.75, 3.05) is 13.2 Å². The van der Waals surface area contributed by atoms with Gasteiger partial charge in [0.15, 0.2) is 6.23 Å². The van der Waals surface area contributed by atoms with Gasteiger partial charge in [0.1, 0.15) is 11.7 Å². The summed E-state index contributed by atoms with van der Waals surface area (Å²) in [4.78, 5) is 26.8. The highest BCUT2D eigenvalue weighted by molar-refractivity contribution is 5.17. The Balaban J connectivity index is 1.39. The predicted molar refractivity (Wildman–Crippen MR) is 122 cm³/mol. The van der Waals surface area contributed by atoms with E-state index in [1.54, 1.807) is 13.1 Å². The molecule has 3 aromatic rings. The van der Waals surface area contributed by atoms with Crippen LogP contribution in [0.5, 0.6) is 0 Å². The second-order valence-corrected chi connectivity index (χ2v) is 8.65. The van der Waals surface area contributed by atoms with Crippen LogP contribution < -0.4 is 16.6 Å². The topological polar surface area (TPSA) is 94.6 Å². The maximum atomic E-state index is 12.6. The average Bonchev–Trinajstić information content (AvgIpc) is 3.33. The zero-order valence-electron chi connectivity index (χ0n) is 18.4. The van der Waals surface area contributed by atoms with Crippen LogP contribution in [0.15, 0.2) is 76.4 Å². The predicted octanol–water partition coefficient (Wildman–Crippen LogP) is 1.89. The lowest BCUT2D eigenvalue weighted by Crippen LogP contribution is -2.48. The van der Waals surface area contributed by atoms with Gasteiger partial charge in [-0.15, -0.1) is 0 Å². The molecule has 2 aliphatic rings. The second-order valence-electron chi connectivity index (χ2n) is 8.65. The first-order valence-corrected chi connectivity index (χ1v) is 11.1. The van der Waals surface area contributed by atoms with Gasteiger partial charge in [-0.25, -0.2) is 4.79 Å². The molecule has 3 heterocycles. The first-order chi connectivity index (χ1) is 16.1. The number of aromatic nitrogens is 2. The summed E-state index contributed by atoms with van der Waals surface area (Å²) >= 11 is 0. The van der Waals surface area contributed by atoms with Gasteiger partial charge < -0.3 is 19.5 Å². The third kappa shape index (κ3) is 4.30. The van der Waals surface area contributed by atoms with Crippen LogP contribution in [0.4, 0.5) is 0 Å². The number of H-pyrrole nitrogens is 1. The first-order valence-electron chi connectivity index (χ1n) is 11.1. The number of fused-ring (bicyclic) bond motifs is 2. The molecule has 1 aromatic heterocycles. The van der Waals surface area contributed by atoms with Crippen molar-refractivity contribution in [2.24, 2.45) is 0 Å². The summed E-state index contributed by atoms with van der Waals surface area (Å²) in [7, 11) is 0. The molecule has 8 heteroatoms. The van der Waals surface area contributed by atoms with E-state index in [4.69, 9.17) is 14.2 Å². The quantitative estimate of drug-likeness (QED) is 0.546. The molecule has 1 unspecified atom stereocenters. The van der Waals surface area contributed by atoms with E-state index < -0.39 is 23.1 Å². The van der Waals surface area contributed by atoms with Crippen molar-refractivity contribution in [1.82, 2.24) is 14.9 Å². The average molecular weight is 450 g/mol. The Labute approximate surface area is 191 Å². The normalized spacial score (nSPS) is 26.0. The third-order valence-electron chi connectivity index (χ3n) is 6.29. The fourth-order valence-corrected chi connectivity index (χ4v) is 4.60.